The number of rotatable bonds is 4. The smallest absolute Gasteiger partial charge is 0.240 e. The van der Waals surface area contributed by atoms with Gasteiger partial charge in [-0.3, -0.25) is 4.79 Å². The molecule has 0 aliphatic carbocycles. The number of carbonyl (C=O) groups excluding carboxylic acids is 1. The van der Waals surface area contributed by atoms with Crippen molar-refractivity contribution in [2.45, 2.75) is 39.3 Å². The second kappa shape index (κ2) is 6.48. The molecule has 24 heavy (non-hydrogen) atoms. The van der Waals surface area contributed by atoms with Gasteiger partial charge in [-0.15, -0.1) is 0 Å². The maximum Gasteiger partial charge on any atom is 0.240 e. The van der Waals surface area contributed by atoms with Crippen LogP contribution in [0.4, 0.5) is 0 Å². The highest BCUT2D eigenvalue weighted by Crippen LogP contribution is 2.22. The molecule has 0 fully saturated rings. The van der Waals surface area contributed by atoms with Crippen molar-refractivity contribution in [3.8, 4) is 0 Å². The van der Waals surface area contributed by atoms with E-state index in [1.54, 1.807) is 6.33 Å². The highest BCUT2D eigenvalue weighted by Gasteiger charge is 2.13. The molecule has 0 bridgehead atoms. The van der Waals surface area contributed by atoms with Crippen LogP contribution in [-0.2, 0) is 23.3 Å². The molecule has 0 aliphatic heterocycles. The normalized spacial score (nSPS) is 11.6. The van der Waals surface area contributed by atoms with Crippen molar-refractivity contribution in [3.05, 3.63) is 66.0 Å². The minimum absolute atomic E-state index is 0.0157. The lowest BCUT2D eigenvalue weighted by Crippen LogP contribution is -2.26. The fourth-order valence-corrected chi connectivity index (χ4v) is 2.67. The Morgan fingerprint density at radius 1 is 1.08 bits per heavy atom. The van der Waals surface area contributed by atoms with E-state index >= 15 is 0 Å². The number of fused-ring (bicyclic) bond motifs is 1. The standard InChI is InChI=1S/C20H23N3O/c1-20(2,3)16-10-8-15(9-11-16)12-21-19(24)13-23-14-22-17-6-4-5-7-18(17)23/h4-11,14H,12-13H2,1-3H3,(H,21,24). The van der Waals surface area contributed by atoms with Gasteiger partial charge < -0.3 is 9.88 Å². The molecule has 124 valence electrons. The molecule has 0 aliphatic rings. The number of hydrogen-bond acceptors (Lipinski definition) is 2. The van der Waals surface area contributed by atoms with Crippen LogP contribution < -0.4 is 5.32 Å². The van der Waals surface area contributed by atoms with Crippen molar-refractivity contribution in [3.63, 3.8) is 0 Å². The number of imidazole rings is 1. The quantitative estimate of drug-likeness (QED) is 0.797. The average Bonchev–Trinajstić information content (AvgIpc) is 2.96. The van der Waals surface area contributed by atoms with Gasteiger partial charge in [-0.05, 0) is 28.7 Å². The predicted octanol–water partition coefficient (Wildman–Crippen LogP) is 3.65. The molecule has 0 atom stereocenters. The lowest BCUT2D eigenvalue weighted by Gasteiger charge is -2.19. The molecule has 3 rings (SSSR count). The summed E-state index contributed by atoms with van der Waals surface area (Å²) in [6.45, 7) is 7.40. The molecular formula is C20H23N3O. The maximum atomic E-state index is 12.2. The number of aromatic nitrogens is 2. The summed E-state index contributed by atoms with van der Waals surface area (Å²) in [5, 5.41) is 2.97. The van der Waals surface area contributed by atoms with Crippen LogP contribution in [0.25, 0.3) is 11.0 Å². The van der Waals surface area contributed by atoms with Crippen LogP contribution in [0, 0.1) is 0 Å². The van der Waals surface area contributed by atoms with E-state index in [0.29, 0.717) is 6.54 Å². The van der Waals surface area contributed by atoms with Gasteiger partial charge in [-0.2, -0.15) is 0 Å². The van der Waals surface area contributed by atoms with E-state index < -0.39 is 0 Å². The Labute approximate surface area is 142 Å². The van der Waals surface area contributed by atoms with Crippen molar-refractivity contribution in [1.82, 2.24) is 14.9 Å². The van der Waals surface area contributed by atoms with Gasteiger partial charge in [0.15, 0.2) is 0 Å². The van der Waals surface area contributed by atoms with Crippen LogP contribution in [-0.4, -0.2) is 15.5 Å². The lowest BCUT2D eigenvalue weighted by molar-refractivity contribution is -0.121. The molecule has 0 spiro atoms. The van der Waals surface area contributed by atoms with Gasteiger partial charge in [-0.1, -0.05) is 57.2 Å². The zero-order valence-electron chi connectivity index (χ0n) is 14.4. The Balaban J connectivity index is 1.59. The van der Waals surface area contributed by atoms with Crippen molar-refractivity contribution < 1.29 is 4.79 Å². The Morgan fingerprint density at radius 2 is 1.79 bits per heavy atom. The zero-order chi connectivity index (χ0) is 17.2. The van der Waals surface area contributed by atoms with Gasteiger partial charge in [0.05, 0.1) is 17.4 Å². The Bertz CT molecular complexity index is 841. The monoisotopic (exact) mass is 321 g/mol. The number of amides is 1. The summed E-state index contributed by atoms with van der Waals surface area (Å²) in [4.78, 5) is 16.5. The molecule has 2 aromatic carbocycles. The number of nitrogens with one attached hydrogen (secondary N) is 1. The molecule has 3 aromatic rings. The van der Waals surface area contributed by atoms with Gasteiger partial charge in [-0.25, -0.2) is 4.98 Å². The van der Waals surface area contributed by atoms with Crippen LogP contribution in [0.5, 0.6) is 0 Å². The first-order valence-electron chi connectivity index (χ1n) is 8.19. The SMILES string of the molecule is CC(C)(C)c1ccc(CNC(=O)Cn2cnc3ccccc32)cc1. The number of nitrogens with zero attached hydrogens (tertiary/aromatic N) is 2. The minimum atomic E-state index is -0.0157. The summed E-state index contributed by atoms with van der Waals surface area (Å²) in [6.07, 6.45) is 1.71. The molecule has 4 nitrogen and oxygen atoms in total. The van der Waals surface area contributed by atoms with Gasteiger partial charge >= 0.3 is 0 Å². The summed E-state index contributed by atoms with van der Waals surface area (Å²) in [5.41, 5.74) is 4.42. The summed E-state index contributed by atoms with van der Waals surface area (Å²) in [5.74, 6) is -0.0157. The van der Waals surface area contributed by atoms with Crippen molar-refractivity contribution in [2.24, 2.45) is 0 Å². The molecule has 0 radical (unpaired) electrons. The third-order valence-corrected chi connectivity index (χ3v) is 4.15. The van der Waals surface area contributed by atoms with E-state index in [1.165, 1.54) is 5.56 Å². The second-order valence-corrected chi connectivity index (χ2v) is 7.08. The molecule has 1 amide bonds. The zero-order valence-corrected chi connectivity index (χ0v) is 14.4. The van der Waals surface area contributed by atoms with Gasteiger partial charge in [0.25, 0.3) is 0 Å². The molecule has 0 saturated heterocycles. The Hall–Kier alpha value is -2.62. The largest absolute Gasteiger partial charge is 0.350 e. The van der Waals surface area contributed by atoms with Crippen LogP contribution in [0.2, 0.25) is 0 Å². The van der Waals surface area contributed by atoms with E-state index in [0.717, 1.165) is 16.6 Å². The molecule has 1 heterocycles. The van der Waals surface area contributed by atoms with E-state index in [1.807, 2.05) is 28.8 Å². The van der Waals surface area contributed by atoms with E-state index in [2.05, 4.69) is 55.3 Å². The first-order valence-corrected chi connectivity index (χ1v) is 8.19. The fraction of sp³-hybridized carbons (Fsp3) is 0.300. The molecule has 0 unspecified atom stereocenters. The average molecular weight is 321 g/mol. The first kappa shape index (κ1) is 16.2. The second-order valence-electron chi connectivity index (χ2n) is 7.08. The highest BCUT2D eigenvalue weighted by atomic mass is 16.1. The van der Waals surface area contributed by atoms with Crippen LogP contribution in [0.3, 0.4) is 0 Å². The van der Waals surface area contributed by atoms with Crippen LogP contribution in [0.1, 0.15) is 31.9 Å². The highest BCUT2D eigenvalue weighted by molar-refractivity contribution is 5.80. The van der Waals surface area contributed by atoms with Crippen molar-refractivity contribution in [1.29, 1.82) is 0 Å². The van der Waals surface area contributed by atoms with Crippen LogP contribution in [0.15, 0.2) is 54.9 Å². The topological polar surface area (TPSA) is 46.9 Å². The van der Waals surface area contributed by atoms with E-state index in [-0.39, 0.29) is 17.9 Å². The molecule has 4 heteroatoms. The van der Waals surface area contributed by atoms with Crippen molar-refractivity contribution in [2.75, 3.05) is 0 Å². The van der Waals surface area contributed by atoms with E-state index in [9.17, 15) is 4.79 Å². The van der Waals surface area contributed by atoms with Gasteiger partial charge in [0.2, 0.25) is 5.91 Å². The summed E-state index contributed by atoms with van der Waals surface area (Å²) in [6, 6.07) is 16.2. The first-order chi connectivity index (χ1) is 11.4. The van der Waals surface area contributed by atoms with E-state index in [4.69, 9.17) is 0 Å². The molecular weight excluding hydrogens is 298 g/mol. The number of benzene rings is 2. The summed E-state index contributed by atoms with van der Waals surface area (Å²) >= 11 is 0. The van der Waals surface area contributed by atoms with Gasteiger partial charge in [0.1, 0.15) is 6.54 Å². The number of carbonyl (C=O) groups is 1. The Kier molecular flexibility index (Phi) is 4.38. The molecule has 0 saturated carbocycles. The number of para-hydroxylation sites is 2. The third-order valence-electron chi connectivity index (χ3n) is 4.15. The minimum Gasteiger partial charge on any atom is -0.350 e. The lowest BCUT2D eigenvalue weighted by atomic mass is 9.87. The fourth-order valence-electron chi connectivity index (χ4n) is 2.67. The van der Waals surface area contributed by atoms with Gasteiger partial charge in [0, 0.05) is 6.54 Å². The van der Waals surface area contributed by atoms with Crippen molar-refractivity contribution >= 4 is 16.9 Å². The molecule has 1 N–H and O–H groups in total. The third kappa shape index (κ3) is 3.65. The summed E-state index contributed by atoms with van der Waals surface area (Å²) < 4.78 is 1.87. The van der Waals surface area contributed by atoms with Crippen LogP contribution >= 0.6 is 0 Å². The molecule has 1 aromatic heterocycles. The number of hydrogen-bond donors (Lipinski definition) is 1. The predicted molar refractivity (Wildman–Crippen MR) is 96.7 cm³/mol. The Morgan fingerprint density at radius 3 is 2.50 bits per heavy atom. The summed E-state index contributed by atoms with van der Waals surface area (Å²) in [7, 11) is 0. The maximum absolute atomic E-state index is 12.2.